The number of sulfonamides is 1. The Hall–Kier alpha value is -1.86. The molecule has 3 rings (SSSR count). The standard InChI is InChI=1S/C21H25BrN2O3S/c1-15(17-11-10-16-6-3-4-7-18(16)12-17)23-21(25)14-24(28(2,26)27)20-9-5-8-19(22)13-20/h5,8-13,15H,3-4,6-7,14H2,1-2H3,(H,23,25)/t15-/m1/s1. The Morgan fingerprint density at radius 2 is 1.86 bits per heavy atom. The van der Waals surface area contributed by atoms with Crippen molar-refractivity contribution in [3.63, 3.8) is 0 Å². The molecule has 1 N–H and O–H groups in total. The summed E-state index contributed by atoms with van der Waals surface area (Å²) < 4.78 is 26.3. The van der Waals surface area contributed by atoms with E-state index in [1.165, 1.54) is 24.0 Å². The third-order valence-electron chi connectivity index (χ3n) is 5.03. The Balaban J connectivity index is 1.72. The number of carbonyl (C=O) groups is 1. The Labute approximate surface area is 175 Å². The molecule has 0 heterocycles. The molecule has 1 aliphatic rings. The molecule has 150 valence electrons. The van der Waals surface area contributed by atoms with Crippen LogP contribution in [0.15, 0.2) is 46.9 Å². The van der Waals surface area contributed by atoms with E-state index in [0.717, 1.165) is 33.4 Å². The third kappa shape index (κ3) is 5.14. The number of halogens is 1. The summed E-state index contributed by atoms with van der Waals surface area (Å²) in [6.07, 6.45) is 5.73. The number of fused-ring (bicyclic) bond motifs is 1. The van der Waals surface area contributed by atoms with Crippen LogP contribution in [0.5, 0.6) is 0 Å². The van der Waals surface area contributed by atoms with Crippen LogP contribution in [-0.2, 0) is 27.7 Å². The topological polar surface area (TPSA) is 66.5 Å². The van der Waals surface area contributed by atoms with Gasteiger partial charge in [0.15, 0.2) is 0 Å². The predicted octanol–water partition coefficient (Wildman–Crippen LogP) is 3.97. The summed E-state index contributed by atoms with van der Waals surface area (Å²) in [4.78, 5) is 12.6. The van der Waals surface area contributed by atoms with Crippen LogP contribution in [0.4, 0.5) is 5.69 Å². The first kappa shape index (κ1) is 20.9. The van der Waals surface area contributed by atoms with Gasteiger partial charge in [-0.25, -0.2) is 8.42 Å². The van der Waals surface area contributed by atoms with Crippen LogP contribution in [0.1, 0.15) is 42.5 Å². The largest absolute Gasteiger partial charge is 0.348 e. The smallest absolute Gasteiger partial charge is 0.241 e. The molecule has 28 heavy (non-hydrogen) atoms. The number of carbonyl (C=O) groups excluding carboxylic acids is 1. The van der Waals surface area contributed by atoms with Gasteiger partial charge in [-0.1, -0.05) is 40.2 Å². The average molecular weight is 465 g/mol. The summed E-state index contributed by atoms with van der Waals surface area (Å²) in [5.41, 5.74) is 4.25. The molecule has 0 saturated heterocycles. The summed E-state index contributed by atoms with van der Waals surface area (Å²) in [6.45, 7) is 1.66. The van der Waals surface area contributed by atoms with Crippen LogP contribution in [0.3, 0.4) is 0 Å². The summed E-state index contributed by atoms with van der Waals surface area (Å²) in [6, 6.07) is 13.1. The molecule has 0 radical (unpaired) electrons. The number of aryl methyl sites for hydroxylation is 2. The number of hydrogen-bond acceptors (Lipinski definition) is 3. The number of benzene rings is 2. The summed E-state index contributed by atoms with van der Waals surface area (Å²) in [5, 5.41) is 2.93. The highest BCUT2D eigenvalue weighted by Crippen LogP contribution is 2.25. The maximum Gasteiger partial charge on any atom is 0.241 e. The molecular weight excluding hydrogens is 440 g/mol. The van der Waals surface area contributed by atoms with Crippen LogP contribution in [0, 0.1) is 0 Å². The van der Waals surface area contributed by atoms with Gasteiger partial charge in [0.2, 0.25) is 15.9 Å². The molecule has 0 fully saturated rings. The highest BCUT2D eigenvalue weighted by molar-refractivity contribution is 9.10. The van der Waals surface area contributed by atoms with E-state index in [-0.39, 0.29) is 18.5 Å². The van der Waals surface area contributed by atoms with Crippen LogP contribution in [0.25, 0.3) is 0 Å². The first-order valence-corrected chi connectivity index (χ1v) is 12.0. The Kier molecular flexibility index (Phi) is 6.45. The van der Waals surface area contributed by atoms with Crippen molar-refractivity contribution in [3.8, 4) is 0 Å². The lowest BCUT2D eigenvalue weighted by Crippen LogP contribution is -2.41. The number of nitrogens with one attached hydrogen (secondary N) is 1. The summed E-state index contributed by atoms with van der Waals surface area (Å²) in [5.74, 6) is -0.337. The van der Waals surface area contributed by atoms with Gasteiger partial charge >= 0.3 is 0 Å². The molecule has 5 nitrogen and oxygen atoms in total. The monoisotopic (exact) mass is 464 g/mol. The summed E-state index contributed by atoms with van der Waals surface area (Å²) >= 11 is 3.34. The molecule has 0 spiro atoms. The van der Waals surface area contributed by atoms with E-state index in [1.54, 1.807) is 18.2 Å². The van der Waals surface area contributed by atoms with Gasteiger partial charge in [0.1, 0.15) is 6.54 Å². The lowest BCUT2D eigenvalue weighted by atomic mass is 9.89. The van der Waals surface area contributed by atoms with Crippen LogP contribution < -0.4 is 9.62 Å². The number of anilines is 1. The fourth-order valence-electron chi connectivity index (χ4n) is 3.55. The maximum atomic E-state index is 12.6. The van der Waals surface area contributed by atoms with E-state index in [1.807, 2.05) is 13.0 Å². The maximum absolute atomic E-state index is 12.6. The fourth-order valence-corrected chi connectivity index (χ4v) is 4.79. The van der Waals surface area contributed by atoms with Crippen LogP contribution in [0.2, 0.25) is 0 Å². The molecule has 0 aliphatic heterocycles. The quantitative estimate of drug-likeness (QED) is 0.702. The van der Waals surface area contributed by atoms with Crippen LogP contribution in [-0.4, -0.2) is 27.1 Å². The molecule has 7 heteroatoms. The predicted molar refractivity (Wildman–Crippen MR) is 116 cm³/mol. The molecule has 1 amide bonds. The van der Waals surface area contributed by atoms with Crippen LogP contribution >= 0.6 is 15.9 Å². The van der Waals surface area contributed by atoms with Crippen molar-refractivity contribution in [2.24, 2.45) is 0 Å². The van der Waals surface area contributed by atoms with Crippen molar-refractivity contribution in [1.82, 2.24) is 5.32 Å². The zero-order valence-electron chi connectivity index (χ0n) is 16.1. The Morgan fingerprint density at radius 3 is 2.54 bits per heavy atom. The van der Waals surface area contributed by atoms with Crippen molar-refractivity contribution in [1.29, 1.82) is 0 Å². The van der Waals surface area contributed by atoms with Gasteiger partial charge in [-0.3, -0.25) is 9.10 Å². The van der Waals surface area contributed by atoms with Gasteiger partial charge in [-0.2, -0.15) is 0 Å². The number of hydrogen-bond donors (Lipinski definition) is 1. The zero-order valence-corrected chi connectivity index (χ0v) is 18.5. The van der Waals surface area contributed by atoms with E-state index < -0.39 is 10.0 Å². The molecule has 0 saturated carbocycles. The van der Waals surface area contributed by atoms with E-state index in [0.29, 0.717) is 5.69 Å². The van der Waals surface area contributed by atoms with E-state index in [2.05, 4.69) is 39.4 Å². The number of amides is 1. The normalized spacial score (nSPS) is 14.8. The van der Waals surface area contributed by atoms with Crippen molar-refractivity contribution < 1.29 is 13.2 Å². The lowest BCUT2D eigenvalue weighted by molar-refractivity contribution is -0.120. The van der Waals surface area contributed by atoms with Crippen molar-refractivity contribution >= 4 is 37.5 Å². The second kappa shape index (κ2) is 8.66. The molecule has 0 aromatic heterocycles. The molecule has 2 aromatic carbocycles. The molecule has 1 atom stereocenters. The van der Waals surface area contributed by atoms with Crippen molar-refractivity contribution in [2.45, 2.75) is 38.6 Å². The molecule has 1 aliphatic carbocycles. The second-order valence-electron chi connectivity index (χ2n) is 7.27. The van der Waals surface area contributed by atoms with Gasteiger partial charge < -0.3 is 5.32 Å². The van der Waals surface area contributed by atoms with Gasteiger partial charge in [0, 0.05) is 4.47 Å². The molecule has 2 aromatic rings. The minimum absolute atomic E-state index is 0.191. The van der Waals surface area contributed by atoms with Gasteiger partial charge in [-0.15, -0.1) is 0 Å². The lowest BCUT2D eigenvalue weighted by Gasteiger charge is -2.24. The highest BCUT2D eigenvalue weighted by Gasteiger charge is 2.22. The first-order valence-electron chi connectivity index (χ1n) is 9.38. The number of rotatable bonds is 6. The summed E-state index contributed by atoms with van der Waals surface area (Å²) in [7, 11) is -3.59. The van der Waals surface area contributed by atoms with E-state index in [4.69, 9.17) is 0 Å². The first-order chi connectivity index (χ1) is 13.2. The fraction of sp³-hybridized carbons (Fsp3) is 0.381. The molecule has 0 bridgehead atoms. The van der Waals surface area contributed by atoms with E-state index >= 15 is 0 Å². The highest BCUT2D eigenvalue weighted by atomic mass is 79.9. The zero-order chi connectivity index (χ0) is 20.3. The van der Waals surface area contributed by atoms with Gasteiger partial charge in [0.25, 0.3) is 0 Å². The SMILES string of the molecule is C[C@@H](NC(=O)CN(c1cccc(Br)c1)S(C)(=O)=O)c1ccc2c(c1)CCCC2. The number of nitrogens with zero attached hydrogens (tertiary/aromatic N) is 1. The second-order valence-corrected chi connectivity index (χ2v) is 10.1. The molecular formula is C21H25BrN2O3S. The Bertz CT molecular complexity index is 975. The molecule has 0 unspecified atom stereocenters. The minimum Gasteiger partial charge on any atom is -0.348 e. The Morgan fingerprint density at radius 1 is 1.14 bits per heavy atom. The van der Waals surface area contributed by atoms with Crippen molar-refractivity contribution in [3.05, 3.63) is 63.6 Å². The van der Waals surface area contributed by atoms with Gasteiger partial charge in [-0.05, 0) is 67.5 Å². The average Bonchev–Trinajstić information content (AvgIpc) is 2.64. The third-order valence-corrected chi connectivity index (χ3v) is 6.67. The van der Waals surface area contributed by atoms with Gasteiger partial charge in [0.05, 0.1) is 18.0 Å². The van der Waals surface area contributed by atoms with Crippen molar-refractivity contribution in [2.75, 3.05) is 17.1 Å². The minimum atomic E-state index is -3.59. The van der Waals surface area contributed by atoms with E-state index in [9.17, 15) is 13.2 Å².